The molecule has 1 N–H and O–H groups in total. The van der Waals surface area contributed by atoms with Crippen molar-refractivity contribution in [1.82, 2.24) is 10.2 Å². The summed E-state index contributed by atoms with van der Waals surface area (Å²) in [5.41, 5.74) is 1.15. The van der Waals surface area contributed by atoms with Crippen molar-refractivity contribution in [2.24, 2.45) is 0 Å². The summed E-state index contributed by atoms with van der Waals surface area (Å²) in [6, 6.07) is 21.2. The number of benzene rings is 3. The van der Waals surface area contributed by atoms with E-state index in [1.54, 1.807) is 49.4 Å². The zero-order valence-corrected chi connectivity index (χ0v) is 25.5. The highest BCUT2D eigenvalue weighted by atomic mass is 79.9. The molecule has 0 unspecified atom stereocenters. The van der Waals surface area contributed by atoms with Crippen molar-refractivity contribution in [3.05, 3.63) is 93.4 Å². The van der Waals surface area contributed by atoms with Crippen molar-refractivity contribution in [3.8, 4) is 0 Å². The van der Waals surface area contributed by atoms with E-state index in [0.29, 0.717) is 5.69 Å². The predicted molar refractivity (Wildman–Crippen MR) is 157 cm³/mol. The lowest BCUT2D eigenvalue weighted by atomic mass is 10.1. The third-order valence-corrected chi connectivity index (χ3v) is 9.00. The highest BCUT2D eigenvalue weighted by molar-refractivity contribution is 9.10. The van der Waals surface area contributed by atoms with Crippen LogP contribution in [0.1, 0.15) is 32.8 Å². The van der Waals surface area contributed by atoms with Crippen LogP contribution >= 0.6 is 31.9 Å². The quantitative estimate of drug-likeness (QED) is 0.283. The summed E-state index contributed by atoms with van der Waals surface area (Å²) in [5, 5.41) is 2.93. The predicted octanol–water partition coefficient (Wildman–Crippen LogP) is 5.74. The molecule has 3 aromatic rings. The molecule has 0 fully saturated rings. The number of halogens is 2. The molecule has 0 saturated heterocycles. The summed E-state index contributed by atoms with van der Waals surface area (Å²) in [7, 11) is -4.08. The fourth-order valence-electron chi connectivity index (χ4n) is 3.69. The molecule has 3 aromatic carbocycles. The van der Waals surface area contributed by atoms with Gasteiger partial charge in [0.1, 0.15) is 12.6 Å². The van der Waals surface area contributed by atoms with Gasteiger partial charge in [-0.25, -0.2) is 8.42 Å². The molecule has 202 valence electrons. The van der Waals surface area contributed by atoms with Gasteiger partial charge >= 0.3 is 0 Å². The van der Waals surface area contributed by atoms with Crippen LogP contribution in [0.15, 0.2) is 92.7 Å². The number of anilines is 1. The minimum absolute atomic E-state index is 0.0627. The monoisotopic (exact) mass is 663 g/mol. The van der Waals surface area contributed by atoms with E-state index in [0.717, 1.165) is 25.2 Å². The molecule has 2 atom stereocenters. The lowest BCUT2D eigenvalue weighted by molar-refractivity contribution is -0.139. The van der Waals surface area contributed by atoms with Crippen molar-refractivity contribution in [2.75, 3.05) is 10.8 Å². The Balaban J connectivity index is 2.00. The fraction of sp³-hybridized carbons (Fsp3) is 0.286. The fourth-order valence-corrected chi connectivity index (χ4v) is 5.65. The number of rotatable bonds is 11. The number of carbonyl (C=O) groups excluding carboxylic acids is 2. The van der Waals surface area contributed by atoms with Crippen LogP contribution in [0.25, 0.3) is 0 Å². The topological polar surface area (TPSA) is 86.8 Å². The maximum atomic E-state index is 13.9. The second kappa shape index (κ2) is 13.4. The molecule has 7 nitrogen and oxygen atoms in total. The van der Waals surface area contributed by atoms with Crippen LogP contribution in [0.2, 0.25) is 0 Å². The van der Waals surface area contributed by atoms with Gasteiger partial charge in [0.05, 0.1) is 10.6 Å². The Bertz CT molecular complexity index is 1330. The first-order valence-electron chi connectivity index (χ1n) is 12.2. The van der Waals surface area contributed by atoms with Gasteiger partial charge in [0, 0.05) is 21.5 Å². The Kier molecular flexibility index (Phi) is 10.5. The van der Waals surface area contributed by atoms with Crippen LogP contribution in [-0.2, 0) is 26.2 Å². The van der Waals surface area contributed by atoms with Crippen LogP contribution in [-0.4, -0.2) is 43.8 Å². The molecule has 0 aliphatic heterocycles. The van der Waals surface area contributed by atoms with E-state index in [-0.39, 0.29) is 23.4 Å². The highest BCUT2D eigenvalue weighted by Gasteiger charge is 2.32. The third kappa shape index (κ3) is 7.68. The number of hydrogen-bond acceptors (Lipinski definition) is 4. The van der Waals surface area contributed by atoms with Crippen LogP contribution in [0.4, 0.5) is 5.69 Å². The van der Waals surface area contributed by atoms with Gasteiger partial charge in [0.25, 0.3) is 10.0 Å². The van der Waals surface area contributed by atoms with E-state index in [1.165, 1.54) is 17.0 Å². The molecule has 0 spiro atoms. The van der Waals surface area contributed by atoms with Crippen molar-refractivity contribution in [1.29, 1.82) is 0 Å². The number of hydrogen-bond donors (Lipinski definition) is 1. The molecule has 2 amide bonds. The molecule has 0 aromatic heterocycles. The van der Waals surface area contributed by atoms with Crippen molar-refractivity contribution < 1.29 is 18.0 Å². The minimum Gasteiger partial charge on any atom is -0.352 e. The standard InChI is InChI=1S/C28H31Br2N3O4S/c1-4-20(2)31-28(35)21(3)32(18-22-10-12-23(29)13-11-22)27(34)19-33(25-16-14-24(30)15-17-25)38(36,37)26-8-6-5-7-9-26/h5-17,20-21H,4,18-19H2,1-3H3,(H,31,35)/t20-,21-/m0/s1. The van der Waals surface area contributed by atoms with E-state index in [9.17, 15) is 18.0 Å². The molecular formula is C28H31Br2N3O4S. The van der Waals surface area contributed by atoms with Crippen LogP contribution in [0.5, 0.6) is 0 Å². The molecule has 0 bridgehead atoms. The van der Waals surface area contributed by atoms with Gasteiger partial charge in [-0.2, -0.15) is 0 Å². The number of amides is 2. The largest absolute Gasteiger partial charge is 0.352 e. The van der Waals surface area contributed by atoms with E-state index in [2.05, 4.69) is 37.2 Å². The Morgan fingerprint density at radius 1 is 0.868 bits per heavy atom. The number of sulfonamides is 1. The van der Waals surface area contributed by atoms with E-state index in [4.69, 9.17) is 0 Å². The van der Waals surface area contributed by atoms with E-state index < -0.39 is 28.5 Å². The highest BCUT2D eigenvalue weighted by Crippen LogP contribution is 2.26. The molecule has 10 heteroatoms. The van der Waals surface area contributed by atoms with Gasteiger partial charge in [0.15, 0.2) is 0 Å². The number of nitrogens with one attached hydrogen (secondary N) is 1. The first-order valence-corrected chi connectivity index (χ1v) is 15.2. The van der Waals surface area contributed by atoms with E-state index in [1.807, 2.05) is 38.1 Å². The van der Waals surface area contributed by atoms with Crippen LogP contribution in [0.3, 0.4) is 0 Å². The maximum Gasteiger partial charge on any atom is 0.264 e. The summed E-state index contributed by atoms with van der Waals surface area (Å²) in [6.07, 6.45) is 0.742. The summed E-state index contributed by atoms with van der Waals surface area (Å²) in [5.74, 6) is -0.798. The Hall–Kier alpha value is -2.69. The molecule has 0 radical (unpaired) electrons. The Labute approximate surface area is 241 Å². The van der Waals surface area contributed by atoms with Gasteiger partial charge in [-0.1, -0.05) is 69.1 Å². The average molecular weight is 665 g/mol. The lowest BCUT2D eigenvalue weighted by Crippen LogP contribution is -2.52. The SMILES string of the molecule is CC[C@H](C)NC(=O)[C@H](C)N(Cc1ccc(Br)cc1)C(=O)CN(c1ccc(Br)cc1)S(=O)(=O)c1ccccc1. The summed E-state index contributed by atoms with van der Waals surface area (Å²) in [4.78, 5) is 28.4. The van der Waals surface area contributed by atoms with Crippen molar-refractivity contribution >= 4 is 59.4 Å². The van der Waals surface area contributed by atoms with Gasteiger partial charge in [-0.15, -0.1) is 0 Å². The second-order valence-corrected chi connectivity index (χ2v) is 12.6. The molecule has 0 saturated carbocycles. The number of carbonyl (C=O) groups is 2. The second-order valence-electron chi connectivity index (χ2n) is 8.94. The van der Waals surface area contributed by atoms with Crippen LogP contribution in [0, 0.1) is 0 Å². The van der Waals surface area contributed by atoms with Crippen LogP contribution < -0.4 is 9.62 Å². The molecule has 0 aliphatic carbocycles. The first-order chi connectivity index (χ1) is 18.0. The average Bonchev–Trinajstić information content (AvgIpc) is 2.91. The van der Waals surface area contributed by atoms with Crippen molar-refractivity contribution in [2.45, 2.75) is 50.7 Å². The molecule has 3 rings (SSSR count). The van der Waals surface area contributed by atoms with Crippen molar-refractivity contribution in [3.63, 3.8) is 0 Å². The van der Waals surface area contributed by atoms with Gasteiger partial charge in [-0.05, 0) is 74.4 Å². The first kappa shape index (κ1) is 29.9. The number of nitrogens with zero attached hydrogens (tertiary/aromatic N) is 2. The van der Waals surface area contributed by atoms with Gasteiger partial charge < -0.3 is 10.2 Å². The zero-order valence-electron chi connectivity index (χ0n) is 21.5. The third-order valence-electron chi connectivity index (χ3n) is 6.16. The normalized spacial score (nSPS) is 12.9. The smallest absolute Gasteiger partial charge is 0.264 e. The molecule has 0 heterocycles. The summed E-state index contributed by atoms with van der Waals surface area (Å²) in [6.45, 7) is 5.18. The van der Waals surface area contributed by atoms with Gasteiger partial charge in [0.2, 0.25) is 11.8 Å². The summed E-state index contributed by atoms with van der Waals surface area (Å²) < 4.78 is 30.2. The lowest BCUT2D eigenvalue weighted by Gasteiger charge is -2.32. The summed E-state index contributed by atoms with van der Waals surface area (Å²) >= 11 is 6.79. The maximum absolute atomic E-state index is 13.9. The minimum atomic E-state index is -4.08. The molecular weight excluding hydrogens is 634 g/mol. The Morgan fingerprint density at radius 2 is 1.42 bits per heavy atom. The van der Waals surface area contributed by atoms with Gasteiger partial charge in [-0.3, -0.25) is 13.9 Å². The molecule has 38 heavy (non-hydrogen) atoms. The van der Waals surface area contributed by atoms with E-state index >= 15 is 0 Å². The molecule has 0 aliphatic rings. The Morgan fingerprint density at radius 3 is 1.97 bits per heavy atom. The zero-order chi connectivity index (χ0) is 27.9.